The summed E-state index contributed by atoms with van der Waals surface area (Å²) < 4.78 is 13.7. The molecule has 2 amide bonds. The molecule has 1 saturated carbocycles. The SMILES string of the molecule is O=C(O)CN(C(=O)C(=O)c1c[nH]c2ccccc12)C(C(=O)Nc1cccc(F)c1)C1CCCCC1. The van der Waals surface area contributed by atoms with E-state index in [9.17, 15) is 28.7 Å². The lowest BCUT2D eigenvalue weighted by atomic mass is 9.82. The molecule has 3 N–H and O–H groups in total. The van der Waals surface area contributed by atoms with Gasteiger partial charge >= 0.3 is 5.97 Å². The van der Waals surface area contributed by atoms with Crippen molar-refractivity contribution in [1.82, 2.24) is 9.88 Å². The third-order valence-electron chi connectivity index (χ3n) is 6.39. The summed E-state index contributed by atoms with van der Waals surface area (Å²) in [6.07, 6.45) is 5.22. The second-order valence-corrected chi connectivity index (χ2v) is 8.75. The minimum absolute atomic E-state index is 0.105. The fourth-order valence-corrected chi connectivity index (χ4v) is 4.79. The van der Waals surface area contributed by atoms with E-state index in [0.29, 0.717) is 23.7 Å². The highest BCUT2D eigenvalue weighted by Gasteiger charge is 2.40. The second-order valence-electron chi connectivity index (χ2n) is 8.75. The molecule has 1 aromatic heterocycles. The largest absolute Gasteiger partial charge is 0.480 e. The van der Waals surface area contributed by atoms with E-state index in [4.69, 9.17) is 0 Å². The first kappa shape index (κ1) is 24.1. The molecule has 0 saturated heterocycles. The van der Waals surface area contributed by atoms with E-state index in [0.717, 1.165) is 30.2 Å². The number of benzene rings is 2. The highest BCUT2D eigenvalue weighted by Crippen LogP contribution is 2.31. The number of ketones is 1. The van der Waals surface area contributed by atoms with Gasteiger partial charge in [-0.2, -0.15) is 0 Å². The van der Waals surface area contributed by atoms with Gasteiger partial charge in [0.2, 0.25) is 5.91 Å². The summed E-state index contributed by atoms with van der Waals surface area (Å²) in [7, 11) is 0. The molecule has 1 unspecified atom stereocenters. The molecule has 8 nitrogen and oxygen atoms in total. The van der Waals surface area contributed by atoms with E-state index in [1.807, 2.05) is 0 Å². The zero-order valence-electron chi connectivity index (χ0n) is 19.0. The average Bonchev–Trinajstić information content (AvgIpc) is 3.27. The fraction of sp³-hybridized carbons (Fsp3) is 0.308. The number of aliphatic carboxylic acids is 1. The van der Waals surface area contributed by atoms with Gasteiger partial charge in [-0.1, -0.05) is 43.5 Å². The Morgan fingerprint density at radius 3 is 2.51 bits per heavy atom. The number of para-hydroxylation sites is 1. The van der Waals surface area contributed by atoms with E-state index >= 15 is 0 Å². The minimum atomic E-state index is -1.34. The van der Waals surface area contributed by atoms with Crippen LogP contribution in [0, 0.1) is 11.7 Å². The van der Waals surface area contributed by atoms with Gasteiger partial charge in [0.05, 0.1) is 5.56 Å². The van der Waals surface area contributed by atoms with Crippen molar-refractivity contribution >= 4 is 40.2 Å². The Morgan fingerprint density at radius 2 is 1.80 bits per heavy atom. The molecule has 182 valence electrons. The van der Waals surface area contributed by atoms with Crippen LogP contribution in [0.15, 0.2) is 54.7 Å². The lowest BCUT2D eigenvalue weighted by Crippen LogP contribution is -2.55. The normalized spacial score (nSPS) is 14.9. The number of aromatic nitrogens is 1. The van der Waals surface area contributed by atoms with Crippen LogP contribution in [0.5, 0.6) is 0 Å². The van der Waals surface area contributed by atoms with Gasteiger partial charge in [-0.25, -0.2) is 4.39 Å². The molecule has 1 aliphatic carbocycles. The van der Waals surface area contributed by atoms with E-state index in [1.165, 1.54) is 24.4 Å². The highest BCUT2D eigenvalue weighted by atomic mass is 19.1. The number of carboxylic acid groups (broad SMARTS) is 1. The molecule has 0 aliphatic heterocycles. The molecular formula is C26H26FN3O5. The Morgan fingerprint density at radius 1 is 1.06 bits per heavy atom. The number of H-pyrrole nitrogens is 1. The first-order valence-electron chi connectivity index (χ1n) is 11.5. The molecule has 1 heterocycles. The second kappa shape index (κ2) is 10.5. The van der Waals surface area contributed by atoms with Gasteiger partial charge in [-0.15, -0.1) is 0 Å². The molecule has 0 bridgehead atoms. The number of carbonyl (C=O) groups excluding carboxylic acids is 3. The van der Waals surface area contributed by atoms with Gasteiger partial charge < -0.3 is 20.3 Å². The van der Waals surface area contributed by atoms with Crippen LogP contribution in [0.25, 0.3) is 10.9 Å². The van der Waals surface area contributed by atoms with Crippen LogP contribution in [0.2, 0.25) is 0 Å². The molecule has 1 atom stereocenters. The zero-order chi connectivity index (χ0) is 24.9. The van der Waals surface area contributed by atoms with Gasteiger partial charge in [0.25, 0.3) is 11.7 Å². The Bertz CT molecular complexity index is 1260. The number of amides is 2. The van der Waals surface area contributed by atoms with Crippen molar-refractivity contribution in [3.8, 4) is 0 Å². The fourth-order valence-electron chi connectivity index (χ4n) is 4.79. The average molecular weight is 480 g/mol. The summed E-state index contributed by atoms with van der Waals surface area (Å²) in [5.74, 6) is -4.85. The number of aromatic amines is 1. The van der Waals surface area contributed by atoms with Crippen molar-refractivity contribution in [2.24, 2.45) is 5.92 Å². The van der Waals surface area contributed by atoms with Crippen LogP contribution in [-0.2, 0) is 14.4 Å². The van der Waals surface area contributed by atoms with Crippen molar-refractivity contribution in [2.75, 3.05) is 11.9 Å². The molecule has 0 radical (unpaired) electrons. The Labute approximate surface area is 201 Å². The number of halogens is 1. The van der Waals surface area contributed by atoms with Crippen molar-refractivity contribution in [1.29, 1.82) is 0 Å². The maximum atomic E-state index is 13.7. The van der Waals surface area contributed by atoms with Crippen LogP contribution >= 0.6 is 0 Å². The Kier molecular flexibility index (Phi) is 7.24. The van der Waals surface area contributed by atoms with Gasteiger partial charge in [0.1, 0.15) is 18.4 Å². The van der Waals surface area contributed by atoms with Crippen molar-refractivity contribution in [3.63, 3.8) is 0 Å². The summed E-state index contributed by atoms with van der Waals surface area (Å²) >= 11 is 0. The molecule has 3 aromatic rings. The Hall–Kier alpha value is -4.01. The summed E-state index contributed by atoms with van der Waals surface area (Å²) in [6, 6.07) is 11.0. The number of hydrogen-bond acceptors (Lipinski definition) is 4. The molecule has 35 heavy (non-hydrogen) atoms. The maximum absolute atomic E-state index is 13.7. The van der Waals surface area contributed by atoms with Crippen molar-refractivity contribution in [3.05, 3.63) is 66.1 Å². The van der Waals surface area contributed by atoms with Crippen LogP contribution in [-0.4, -0.2) is 51.1 Å². The number of Topliss-reactive ketones (excluding diaryl/α,β-unsaturated/α-hetero) is 1. The molecule has 0 spiro atoms. The van der Waals surface area contributed by atoms with Gasteiger partial charge in [0.15, 0.2) is 0 Å². The van der Waals surface area contributed by atoms with E-state index in [2.05, 4.69) is 10.3 Å². The van der Waals surface area contributed by atoms with E-state index in [1.54, 1.807) is 24.3 Å². The summed E-state index contributed by atoms with van der Waals surface area (Å²) in [6.45, 7) is -0.815. The monoisotopic (exact) mass is 479 g/mol. The topological polar surface area (TPSA) is 120 Å². The van der Waals surface area contributed by atoms with Crippen LogP contribution in [0.3, 0.4) is 0 Å². The summed E-state index contributed by atoms with van der Waals surface area (Å²) in [5, 5.41) is 12.7. The molecular weight excluding hydrogens is 453 g/mol. The molecule has 1 aliphatic rings. The maximum Gasteiger partial charge on any atom is 0.323 e. The third kappa shape index (κ3) is 5.40. The highest BCUT2D eigenvalue weighted by molar-refractivity contribution is 6.45. The standard InChI is InChI=1S/C26H26FN3O5/c27-17-9-6-10-18(13-17)29-25(34)23(16-7-2-1-3-8-16)30(15-22(31)32)26(35)24(33)20-14-28-21-12-5-4-11-19(20)21/h4-6,9-14,16,23,28H,1-3,7-8,15H2,(H,29,34)(H,31,32). The predicted octanol–water partition coefficient (Wildman–Crippen LogP) is 3.99. The molecule has 4 rings (SSSR count). The number of carboxylic acids is 1. The molecule has 2 aromatic carbocycles. The van der Waals surface area contributed by atoms with Crippen molar-refractivity contribution < 1.29 is 28.7 Å². The van der Waals surface area contributed by atoms with Crippen molar-refractivity contribution in [2.45, 2.75) is 38.1 Å². The predicted molar refractivity (Wildman–Crippen MR) is 127 cm³/mol. The first-order chi connectivity index (χ1) is 16.8. The number of carbonyl (C=O) groups is 4. The van der Waals surface area contributed by atoms with Gasteiger partial charge in [-0.05, 0) is 43.0 Å². The van der Waals surface area contributed by atoms with Crippen LogP contribution in [0.4, 0.5) is 10.1 Å². The van der Waals surface area contributed by atoms with Crippen LogP contribution in [0.1, 0.15) is 42.5 Å². The quantitative estimate of drug-likeness (QED) is 0.333. The Balaban J connectivity index is 1.69. The molecule has 9 heteroatoms. The third-order valence-corrected chi connectivity index (χ3v) is 6.39. The number of hydrogen-bond donors (Lipinski definition) is 3. The lowest BCUT2D eigenvalue weighted by Gasteiger charge is -2.36. The van der Waals surface area contributed by atoms with Gasteiger partial charge in [0, 0.05) is 22.8 Å². The number of nitrogens with one attached hydrogen (secondary N) is 2. The molecule has 1 fully saturated rings. The first-order valence-corrected chi connectivity index (χ1v) is 11.5. The summed E-state index contributed by atoms with van der Waals surface area (Å²) in [4.78, 5) is 55.7. The number of fused-ring (bicyclic) bond motifs is 1. The minimum Gasteiger partial charge on any atom is -0.480 e. The number of nitrogens with zero attached hydrogens (tertiary/aromatic N) is 1. The lowest BCUT2D eigenvalue weighted by molar-refractivity contribution is -0.147. The number of rotatable bonds is 8. The smallest absolute Gasteiger partial charge is 0.323 e. The summed E-state index contributed by atoms with van der Waals surface area (Å²) in [5.41, 5.74) is 0.941. The zero-order valence-corrected chi connectivity index (χ0v) is 19.0. The van der Waals surface area contributed by atoms with E-state index in [-0.39, 0.29) is 17.2 Å². The van der Waals surface area contributed by atoms with E-state index < -0.39 is 42.0 Å². The van der Waals surface area contributed by atoms with Gasteiger partial charge in [-0.3, -0.25) is 19.2 Å². The van der Waals surface area contributed by atoms with Crippen LogP contribution < -0.4 is 5.32 Å². The number of anilines is 1.